The number of epoxide rings is 1. The van der Waals surface area contributed by atoms with Gasteiger partial charge in [-0.3, -0.25) is 0 Å². The summed E-state index contributed by atoms with van der Waals surface area (Å²) in [6.45, 7) is 2.76. The number of hydrogen-bond donors (Lipinski definition) is 0. The summed E-state index contributed by atoms with van der Waals surface area (Å²) >= 11 is 6.14. The van der Waals surface area contributed by atoms with Gasteiger partial charge in [0.15, 0.2) is 0 Å². The van der Waals surface area contributed by atoms with Crippen molar-refractivity contribution in [3.8, 4) is 0 Å². The first kappa shape index (κ1) is 9.13. The number of ether oxygens (including phenoxy) is 1. The second-order valence-corrected chi connectivity index (χ2v) is 4.40. The Morgan fingerprint density at radius 3 is 2.87 bits per heavy atom. The van der Waals surface area contributed by atoms with Gasteiger partial charge in [-0.2, -0.15) is 0 Å². The molecular weight excluding hydrogens is 210 g/mol. The van der Waals surface area contributed by atoms with Crippen LogP contribution in [0.1, 0.15) is 12.5 Å². The fraction of sp³-hybridized carbons (Fsp3) is 0.250. The molecule has 0 aliphatic carbocycles. The number of pyridine rings is 1. The molecule has 1 aliphatic heterocycles. The maximum atomic E-state index is 6.14. The summed E-state index contributed by atoms with van der Waals surface area (Å²) in [6.07, 6.45) is 0. The van der Waals surface area contributed by atoms with Crippen molar-refractivity contribution in [2.75, 3.05) is 6.61 Å². The Kier molecular flexibility index (Phi) is 1.79. The van der Waals surface area contributed by atoms with Gasteiger partial charge in [-0.05, 0) is 19.1 Å². The maximum absolute atomic E-state index is 6.14. The largest absolute Gasteiger partial charge is 0.365 e. The van der Waals surface area contributed by atoms with E-state index in [9.17, 15) is 0 Å². The van der Waals surface area contributed by atoms with Gasteiger partial charge < -0.3 is 4.74 Å². The predicted molar refractivity (Wildman–Crippen MR) is 60.1 cm³/mol. The molecule has 0 N–H and O–H groups in total. The molecule has 76 valence electrons. The van der Waals surface area contributed by atoms with Crippen LogP contribution in [0, 0.1) is 0 Å². The van der Waals surface area contributed by atoms with E-state index in [-0.39, 0.29) is 5.60 Å². The molecule has 2 aromatic rings. The minimum atomic E-state index is -0.214. The average Bonchev–Trinajstić information content (AvgIpc) is 2.96. The van der Waals surface area contributed by atoms with Crippen LogP contribution in [0.15, 0.2) is 30.3 Å². The summed E-state index contributed by atoms with van der Waals surface area (Å²) < 4.78 is 5.39. The molecule has 2 nitrogen and oxygen atoms in total. The minimum absolute atomic E-state index is 0.214. The Morgan fingerprint density at radius 2 is 2.13 bits per heavy atom. The fourth-order valence-corrected chi connectivity index (χ4v) is 2.07. The zero-order valence-electron chi connectivity index (χ0n) is 8.33. The lowest BCUT2D eigenvalue weighted by atomic mass is 10.0. The Balaban J connectivity index is 2.27. The van der Waals surface area contributed by atoms with Crippen LogP contribution >= 0.6 is 11.6 Å². The molecule has 3 heteroatoms. The van der Waals surface area contributed by atoms with E-state index in [1.165, 1.54) is 0 Å². The van der Waals surface area contributed by atoms with Gasteiger partial charge in [-0.1, -0.05) is 29.8 Å². The number of hydrogen-bond acceptors (Lipinski definition) is 2. The molecule has 0 radical (unpaired) electrons. The number of aromatic nitrogens is 1. The molecular formula is C12H10ClNO. The van der Waals surface area contributed by atoms with E-state index in [2.05, 4.69) is 11.1 Å². The monoisotopic (exact) mass is 219 g/mol. The van der Waals surface area contributed by atoms with Crippen LogP contribution in [0.25, 0.3) is 10.9 Å². The van der Waals surface area contributed by atoms with Gasteiger partial charge in [0.1, 0.15) is 10.8 Å². The van der Waals surface area contributed by atoms with Crippen molar-refractivity contribution in [1.82, 2.24) is 4.98 Å². The lowest BCUT2D eigenvalue weighted by Gasteiger charge is -2.08. The Hall–Kier alpha value is -1.12. The molecule has 15 heavy (non-hydrogen) atoms. The third-order valence-corrected chi connectivity index (χ3v) is 3.11. The van der Waals surface area contributed by atoms with Crippen LogP contribution in [0.5, 0.6) is 0 Å². The lowest BCUT2D eigenvalue weighted by Crippen LogP contribution is -2.04. The first-order valence-electron chi connectivity index (χ1n) is 4.89. The highest BCUT2D eigenvalue weighted by molar-refractivity contribution is 6.30. The number of fused-ring (bicyclic) bond motifs is 1. The minimum Gasteiger partial charge on any atom is -0.365 e. The quantitative estimate of drug-likeness (QED) is 0.544. The van der Waals surface area contributed by atoms with Gasteiger partial charge in [0.2, 0.25) is 0 Å². The predicted octanol–water partition coefficient (Wildman–Crippen LogP) is 3.13. The number of nitrogens with zero attached hydrogens (tertiary/aromatic N) is 1. The van der Waals surface area contributed by atoms with E-state index in [1.807, 2.05) is 31.2 Å². The fourth-order valence-electron chi connectivity index (χ4n) is 1.73. The molecule has 3 rings (SSSR count). The summed E-state index contributed by atoms with van der Waals surface area (Å²) in [5.74, 6) is 0. The lowest BCUT2D eigenvalue weighted by molar-refractivity contribution is 0.329. The van der Waals surface area contributed by atoms with Crippen LogP contribution in [0.3, 0.4) is 0 Å². The smallest absolute Gasteiger partial charge is 0.135 e. The molecule has 0 spiro atoms. The average molecular weight is 220 g/mol. The Labute approximate surface area is 92.8 Å². The standard InChI is InChI=1S/C12H10ClNO/c1-12(7-15-12)9-6-8-4-2-3-5-10(8)14-11(9)13/h2-6H,7H2,1H3. The molecule has 2 heterocycles. The summed E-state index contributed by atoms with van der Waals surface area (Å²) in [5.41, 5.74) is 1.70. The molecule has 0 saturated carbocycles. The first-order valence-corrected chi connectivity index (χ1v) is 5.27. The normalized spacial score (nSPS) is 24.4. The third-order valence-electron chi connectivity index (χ3n) is 2.82. The van der Waals surface area contributed by atoms with Crippen molar-refractivity contribution in [2.45, 2.75) is 12.5 Å². The van der Waals surface area contributed by atoms with Gasteiger partial charge in [0.25, 0.3) is 0 Å². The van der Waals surface area contributed by atoms with Crippen molar-refractivity contribution in [3.05, 3.63) is 41.0 Å². The molecule has 1 saturated heterocycles. The summed E-state index contributed by atoms with van der Waals surface area (Å²) in [7, 11) is 0. The summed E-state index contributed by atoms with van der Waals surface area (Å²) in [5, 5.41) is 1.65. The number of rotatable bonds is 1. The van der Waals surface area contributed by atoms with Gasteiger partial charge in [0.05, 0.1) is 12.1 Å². The Bertz CT molecular complexity index is 534. The summed E-state index contributed by atoms with van der Waals surface area (Å²) in [4.78, 5) is 4.37. The molecule has 1 aliphatic rings. The van der Waals surface area contributed by atoms with Crippen LogP contribution in [-0.2, 0) is 10.3 Å². The summed E-state index contributed by atoms with van der Waals surface area (Å²) in [6, 6.07) is 10.0. The van der Waals surface area contributed by atoms with E-state index in [0.717, 1.165) is 23.1 Å². The highest BCUT2D eigenvalue weighted by Gasteiger charge is 2.43. The number of halogens is 1. The molecule has 1 aromatic heterocycles. The van der Waals surface area contributed by atoms with E-state index < -0.39 is 0 Å². The molecule has 1 fully saturated rings. The molecule has 1 unspecified atom stereocenters. The SMILES string of the molecule is CC1(c2cc3ccccc3nc2Cl)CO1. The van der Waals surface area contributed by atoms with Gasteiger partial charge in [-0.15, -0.1) is 0 Å². The van der Waals surface area contributed by atoms with Crippen LogP contribution in [0.4, 0.5) is 0 Å². The van der Waals surface area contributed by atoms with Gasteiger partial charge in [0, 0.05) is 10.9 Å². The zero-order valence-corrected chi connectivity index (χ0v) is 9.08. The second kappa shape index (κ2) is 2.94. The van der Waals surface area contributed by atoms with Crippen molar-refractivity contribution in [1.29, 1.82) is 0 Å². The van der Waals surface area contributed by atoms with Crippen molar-refractivity contribution >= 4 is 22.5 Å². The van der Waals surface area contributed by atoms with E-state index in [4.69, 9.17) is 16.3 Å². The van der Waals surface area contributed by atoms with E-state index in [1.54, 1.807) is 0 Å². The molecule has 0 bridgehead atoms. The number of benzene rings is 1. The number of para-hydroxylation sites is 1. The topological polar surface area (TPSA) is 25.4 Å². The van der Waals surface area contributed by atoms with Crippen LogP contribution < -0.4 is 0 Å². The zero-order chi connectivity index (χ0) is 10.5. The highest BCUT2D eigenvalue weighted by Crippen LogP contribution is 2.41. The van der Waals surface area contributed by atoms with E-state index >= 15 is 0 Å². The van der Waals surface area contributed by atoms with Gasteiger partial charge >= 0.3 is 0 Å². The maximum Gasteiger partial charge on any atom is 0.135 e. The molecule has 0 amide bonds. The van der Waals surface area contributed by atoms with E-state index in [0.29, 0.717) is 5.15 Å². The van der Waals surface area contributed by atoms with Crippen molar-refractivity contribution in [3.63, 3.8) is 0 Å². The third kappa shape index (κ3) is 1.41. The van der Waals surface area contributed by atoms with Gasteiger partial charge in [-0.25, -0.2) is 4.98 Å². The van der Waals surface area contributed by atoms with Crippen LogP contribution in [-0.4, -0.2) is 11.6 Å². The molecule has 1 aromatic carbocycles. The Morgan fingerprint density at radius 1 is 1.40 bits per heavy atom. The van der Waals surface area contributed by atoms with Crippen molar-refractivity contribution in [2.24, 2.45) is 0 Å². The van der Waals surface area contributed by atoms with Crippen LogP contribution in [0.2, 0.25) is 5.15 Å². The second-order valence-electron chi connectivity index (χ2n) is 4.04. The molecule has 1 atom stereocenters. The first-order chi connectivity index (χ1) is 7.19. The van der Waals surface area contributed by atoms with Crippen molar-refractivity contribution < 1.29 is 4.74 Å². The highest BCUT2D eigenvalue weighted by atomic mass is 35.5.